The maximum absolute atomic E-state index is 12.1. The molecule has 1 fully saturated rings. The lowest BCUT2D eigenvalue weighted by molar-refractivity contribution is -0.167. The summed E-state index contributed by atoms with van der Waals surface area (Å²) in [5.74, 6) is -0.606. The summed E-state index contributed by atoms with van der Waals surface area (Å²) >= 11 is 0. The van der Waals surface area contributed by atoms with Crippen LogP contribution in [-0.4, -0.2) is 62.9 Å². The highest BCUT2D eigenvalue weighted by Gasteiger charge is 2.43. The number of piperidine rings is 1. The van der Waals surface area contributed by atoms with Crippen molar-refractivity contribution >= 4 is 11.9 Å². The largest absolute Gasteiger partial charge is 0.479 e. The van der Waals surface area contributed by atoms with E-state index in [2.05, 4.69) is 15.2 Å². The van der Waals surface area contributed by atoms with Crippen molar-refractivity contribution in [1.82, 2.24) is 20.1 Å². The first-order chi connectivity index (χ1) is 8.98. The minimum Gasteiger partial charge on any atom is -0.479 e. The lowest BCUT2D eigenvalue weighted by Crippen LogP contribution is -2.52. The number of carbonyl (C=O) groups excluding carboxylic acids is 1. The molecular weight excluding hydrogens is 252 g/mol. The number of nitrogens with one attached hydrogen (secondary N) is 1. The molecule has 8 heteroatoms. The number of aromatic amines is 1. The Morgan fingerprint density at radius 1 is 1.42 bits per heavy atom. The van der Waals surface area contributed by atoms with Gasteiger partial charge in [-0.15, -0.1) is 5.10 Å². The lowest BCUT2D eigenvalue weighted by Gasteiger charge is -2.37. The van der Waals surface area contributed by atoms with Crippen molar-refractivity contribution in [3.8, 4) is 0 Å². The van der Waals surface area contributed by atoms with E-state index in [0.717, 1.165) is 0 Å². The molecule has 8 nitrogen and oxygen atoms in total. The predicted octanol–water partition coefficient (Wildman–Crippen LogP) is -0.181. The maximum Gasteiger partial charge on any atom is 0.336 e. The molecule has 19 heavy (non-hydrogen) atoms. The number of likely N-dealkylation sites (tertiary alicyclic amines) is 1. The molecule has 2 heterocycles. The molecule has 0 atom stereocenters. The van der Waals surface area contributed by atoms with Crippen molar-refractivity contribution in [2.45, 2.75) is 25.4 Å². The fraction of sp³-hybridized carbons (Fsp3) is 0.636. The van der Waals surface area contributed by atoms with Gasteiger partial charge in [0, 0.05) is 33.0 Å². The van der Waals surface area contributed by atoms with E-state index < -0.39 is 11.6 Å². The van der Waals surface area contributed by atoms with E-state index in [9.17, 15) is 14.7 Å². The Hall–Kier alpha value is -1.96. The first kappa shape index (κ1) is 13.5. The summed E-state index contributed by atoms with van der Waals surface area (Å²) in [7, 11) is 1.38. The molecule has 1 saturated heterocycles. The highest BCUT2D eigenvalue weighted by molar-refractivity contribution is 5.90. The van der Waals surface area contributed by atoms with E-state index >= 15 is 0 Å². The molecule has 1 aliphatic heterocycles. The van der Waals surface area contributed by atoms with Crippen LogP contribution in [0, 0.1) is 6.92 Å². The molecule has 0 spiro atoms. The van der Waals surface area contributed by atoms with Gasteiger partial charge >= 0.3 is 5.97 Å². The number of aliphatic carboxylic acids is 1. The molecule has 1 amide bonds. The summed E-state index contributed by atoms with van der Waals surface area (Å²) in [6, 6.07) is 0. The number of carbonyl (C=O) groups is 2. The van der Waals surface area contributed by atoms with Crippen molar-refractivity contribution in [2.75, 3.05) is 20.2 Å². The van der Waals surface area contributed by atoms with Gasteiger partial charge in [0.2, 0.25) is 5.82 Å². The number of amides is 1. The van der Waals surface area contributed by atoms with Gasteiger partial charge < -0.3 is 14.7 Å². The van der Waals surface area contributed by atoms with Crippen molar-refractivity contribution < 1.29 is 19.4 Å². The Bertz CT molecular complexity index is 491. The highest BCUT2D eigenvalue weighted by Crippen LogP contribution is 2.26. The molecule has 2 N–H and O–H groups in total. The molecule has 0 saturated carbocycles. The molecule has 0 aliphatic carbocycles. The summed E-state index contributed by atoms with van der Waals surface area (Å²) in [6.45, 7) is 2.33. The highest BCUT2D eigenvalue weighted by atomic mass is 16.5. The number of methoxy groups -OCH3 is 1. The van der Waals surface area contributed by atoms with Crippen molar-refractivity contribution in [1.29, 1.82) is 0 Å². The number of nitrogens with zero attached hydrogens (tertiary/aromatic N) is 3. The molecule has 104 valence electrons. The van der Waals surface area contributed by atoms with E-state index in [0.29, 0.717) is 18.9 Å². The van der Waals surface area contributed by atoms with Crippen LogP contribution in [0.2, 0.25) is 0 Å². The molecule has 0 radical (unpaired) electrons. The monoisotopic (exact) mass is 268 g/mol. The molecule has 0 bridgehead atoms. The number of carboxylic acids is 1. The number of H-pyrrole nitrogens is 1. The Labute approximate surface area is 109 Å². The van der Waals surface area contributed by atoms with Crippen LogP contribution in [0.1, 0.15) is 29.3 Å². The third-order valence-electron chi connectivity index (χ3n) is 3.43. The van der Waals surface area contributed by atoms with E-state index in [1.807, 2.05) is 0 Å². The topological polar surface area (TPSA) is 108 Å². The number of hydrogen-bond acceptors (Lipinski definition) is 5. The normalized spacial score (nSPS) is 18.3. The molecule has 1 aromatic heterocycles. The second-order valence-electron chi connectivity index (χ2n) is 4.54. The van der Waals surface area contributed by atoms with E-state index in [1.165, 1.54) is 7.11 Å². The zero-order valence-electron chi connectivity index (χ0n) is 10.8. The molecule has 0 unspecified atom stereocenters. The summed E-state index contributed by atoms with van der Waals surface area (Å²) < 4.78 is 5.10. The molecule has 1 aromatic rings. The first-order valence-corrected chi connectivity index (χ1v) is 5.95. The molecular formula is C11H16N4O4. The first-order valence-electron chi connectivity index (χ1n) is 5.95. The average Bonchev–Trinajstić information content (AvgIpc) is 2.84. The Balaban J connectivity index is 2.04. The van der Waals surface area contributed by atoms with Gasteiger partial charge in [0.05, 0.1) is 0 Å². The van der Waals surface area contributed by atoms with Crippen molar-refractivity contribution in [2.24, 2.45) is 0 Å². The van der Waals surface area contributed by atoms with Crippen LogP contribution in [0.25, 0.3) is 0 Å². The van der Waals surface area contributed by atoms with Gasteiger partial charge in [-0.25, -0.2) is 9.78 Å². The number of hydrogen-bond donors (Lipinski definition) is 2. The minimum absolute atomic E-state index is 0.109. The number of rotatable bonds is 3. The Kier molecular flexibility index (Phi) is 3.52. The number of aryl methyl sites for hydroxylation is 1. The second kappa shape index (κ2) is 4.96. The zero-order chi connectivity index (χ0) is 14.0. The van der Waals surface area contributed by atoms with Crippen LogP contribution in [-0.2, 0) is 9.53 Å². The zero-order valence-corrected chi connectivity index (χ0v) is 10.8. The average molecular weight is 268 g/mol. The van der Waals surface area contributed by atoms with E-state index in [-0.39, 0.29) is 24.6 Å². The summed E-state index contributed by atoms with van der Waals surface area (Å²) in [6.07, 6.45) is 0.516. The van der Waals surface area contributed by atoms with Gasteiger partial charge in [-0.1, -0.05) is 0 Å². The minimum atomic E-state index is -1.19. The van der Waals surface area contributed by atoms with Crippen LogP contribution >= 0.6 is 0 Å². The van der Waals surface area contributed by atoms with Gasteiger partial charge in [-0.3, -0.25) is 9.89 Å². The number of aromatic nitrogens is 3. The van der Waals surface area contributed by atoms with Crippen LogP contribution < -0.4 is 0 Å². The number of ether oxygens (including phenoxy) is 1. The van der Waals surface area contributed by atoms with Crippen LogP contribution in [0.15, 0.2) is 0 Å². The number of carboxylic acid groups (broad SMARTS) is 1. The summed E-state index contributed by atoms with van der Waals surface area (Å²) in [4.78, 5) is 28.8. The molecule has 2 rings (SSSR count). The maximum atomic E-state index is 12.1. The van der Waals surface area contributed by atoms with Crippen LogP contribution in [0.5, 0.6) is 0 Å². The lowest BCUT2D eigenvalue weighted by atomic mass is 9.91. The van der Waals surface area contributed by atoms with Crippen LogP contribution in [0.4, 0.5) is 0 Å². The third-order valence-corrected chi connectivity index (χ3v) is 3.43. The fourth-order valence-corrected chi connectivity index (χ4v) is 2.16. The SMILES string of the molecule is COC1(C(=O)O)CCN(C(=O)c2n[nH]c(C)n2)CC1. The van der Waals surface area contributed by atoms with Gasteiger partial charge in [-0.05, 0) is 6.92 Å². The summed E-state index contributed by atoms with van der Waals surface area (Å²) in [5, 5.41) is 15.6. The quantitative estimate of drug-likeness (QED) is 0.787. The standard InChI is InChI=1S/C11H16N4O4/c1-7-12-8(14-13-7)9(16)15-5-3-11(19-2,4-6-15)10(17)18/h3-6H2,1-2H3,(H,17,18)(H,12,13,14). The summed E-state index contributed by atoms with van der Waals surface area (Å²) in [5.41, 5.74) is -1.19. The molecule has 0 aromatic carbocycles. The van der Waals surface area contributed by atoms with Crippen LogP contribution in [0.3, 0.4) is 0 Å². The van der Waals surface area contributed by atoms with E-state index in [4.69, 9.17) is 4.74 Å². The van der Waals surface area contributed by atoms with E-state index in [1.54, 1.807) is 11.8 Å². The van der Waals surface area contributed by atoms with Gasteiger partial charge in [-0.2, -0.15) is 0 Å². The Morgan fingerprint density at radius 2 is 2.05 bits per heavy atom. The van der Waals surface area contributed by atoms with Crippen molar-refractivity contribution in [3.05, 3.63) is 11.6 Å². The molecule has 1 aliphatic rings. The van der Waals surface area contributed by atoms with Gasteiger partial charge in [0.15, 0.2) is 5.60 Å². The predicted molar refractivity (Wildman–Crippen MR) is 63.6 cm³/mol. The third kappa shape index (κ3) is 2.43. The van der Waals surface area contributed by atoms with Crippen molar-refractivity contribution in [3.63, 3.8) is 0 Å². The smallest absolute Gasteiger partial charge is 0.336 e. The second-order valence-corrected chi connectivity index (χ2v) is 4.54. The Morgan fingerprint density at radius 3 is 2.47 bits per heavy atom. The fourth-order valence-electron chi connectivity index (χ4n) is 2.16. The van der Waals surface area contributed by atoms with Gasteiger partial charge in [0.25, 0.3) is 5.91 Å². The van der Waals surface area contributed by atoms with Gasteiger partial charge in [0.1, 0.15) is 5.82 Å².